The summed E-state index contributed by atoms with van der Waals surface area (Å²) in [4.78, 5) is 12.3. The van der Waals surface area contributed by atoms with E-state index in [4.69, 9.17) is 4.74 Å². The summed E-state index contributed by atoms with van der Waals surface area (Å²) in [6.45, 7) is 4.52. The van der Waals surface area contributed by atoms with Crippen molar-refractivity contribution in [3.8, 4) is 5.75 Å². The zero-order chi connectivity index (χ0) is 17.6. The minimum absolute atomic E-state index is 0.0267. The molecule has 3 nitrogen and oxygen atoms in total. The molecular formula is C22H23NO2. The molecule has 0 radical (unpaired) electrons. The normalized spacial score (nSPS) is 10.8. The molecule has 128 valence electrons. The smallest absolute Gasteiger partial charge is 0.224 e. The molecule has 0 aromatic heterocycles. The molecule has 0 heterocycles. The molecule has 3 heteroatoms. The summed E-state index contributed by atoms with van der Waals surface area (Å²) in [6.07, 6.45) is 0.543. The summed E-state index contributed by atoms with van der Waals surface area (Å²) < 4.78 is 5.63. The number of hydrogen-bond donors (Lipinski definition) is 1. The molecule has 0 aliphatic heterocycles. The first-order valence-corrected chi connectivity index (χ1v) is 8.61. The van der Waals surface area contributed by atoms with Gasteiger partial charge in [-0.15, -0.1) is 0 Å². The lowest BCUT2D eigenvalue weighted by Gasteiger charge is -2.11. The SMILES string of the molecule is CC(C)Oc1ccc(CNC(=O)Cc2cccc3ccccc23)cc1. The summed E-state index contributed by atoms with van der Waals surface area (Å²) in [6, 6.07) is 22.1. The molecule has 1 N–H and O–H groups in total. The Morgan fingerprint density at radius 3 is 2.44 bits per heavy atom. The van der Waals surface area contributed by atoms with Gasteiger partial charge >= 0.3 is 0 Å². The van der Waals surface area contributed by atoms with E-state index >= 15 is 0 Å². The monoisotopic (exact) mass is 333 g/mol. The lowest BCUT2D eigenvalue weighted by Crippen LogP contribution is -2.24. The summed E-state index contributed by atoms with van der Waals surface area (Å²) in [5.41, 5.74) is 2.11. The topological polar surface area (TPSA) is 38.3 Å². The molecular weight excluding hydrogens is 310 g/mol. The number of hydrogen-bond acceptors (Lipinski definition) is 2. The van der Waals surface area contributed by atoms with E-state index in [-0.39, 0.29) is 12.0 Å². The van der Waals surface area contributed by atoms with Crippen LogP contribution in [0.2, 0.25) is 0 Å². The molecule has 25 heavy (non-hydrogen) atoms. The van der Waals surface area contributed by atoms with Crippen LogP contribution in [0.3, 0.4) is 0 Å². The summed E-state index contributed by atoms with van der Waals surface area (Å²) in [7, 11) is 0. The molecule has 0 unspecified atom stereocenters. The van der Waals surface area contributed by atoms with Gasteiger partial charge in [-0.1, -0.05) is 54.6 Å². The Morgan fingerprint density at radius 2 is 1.68 bits per heavy atom. The Morgan fingerprint density at radius 1 is 0.960 bits per heavy atom. The summed E-state index contributed by atoms with van der Waals surface area (Å²) in [5.74, 6) is 0.875. The average molecular weight is 333 g/mol. The highest BCUT2D eigenvalue weighted by molar-refractivity contribution is 5.90. The summed E-state index contributed by atoms with van der Waals surface area (Å²) >= 11 is 0. The fourth-order valence-corrected chi connectivity index (χ4v) is 2.84. The summed E-state index contributed by atoms with van der Waals surface area (Å²) in [5, 5.41) is 5.29. The largest absolute Gasteiger partial charge is 0.491 e. The molecule has 0 atom stereocenters. The number of amides is 1. The Kier molecular flexibility index (Phi) is 5.34. The maximum absolute atomic E-state index is 12.3. The molecule has 3 aromatic carbocycles. The van der Waals surface area contributed by atoms with Crippen LogP contribution in [-0.2, 0) is 17.8 Å². The maximum atomic E-state index is 12.3. The van der Waals surface area contributed by atoms with Crippen LogP contribution in [-0.4, -0.2) is 12.0 Å². The van der Waals surface area contributed by atoms with Gasteiger partial charge in [0.25, 0.3) is 0 Å². The van der Waals surface area contributed by atoms with Crippen molar-refractivity contribution in [2.45, 2.75) is 32.9 Å². The van der Waals surface area contributed by atoms with Crippen molar-refractivity contribution in [1.29, 1.82) is 0 Å². The van der Waals surface area contributed by atoms with Crippen molar-refractivity contribution < 1.29 is 9.53 Å². The number of fused-ring (bicyclic) bond motifs is 1. The van der Waals surface area contributed by atoms with Gasteiger partial charge in [-0.3, -0.25) is 4.79 Å². The van der Waals surface area contributed by atoms with Gasteiger partial charge in [-0.2, -0.15) is 0 Å². The lowest BCUT2D eigenvalue weighted by atomic mass is 10.0. The minimum atomic E-state index is 0.0267. The van der Waals surface area contributed by atoms with Crippen molar-refractivity contribution in [2.24, 2.45) is 0 Å². The van der Waals surface area contributed by atoms with E-state index < -0.39 is 0 Å². The van der Waals surface area contributed by atoms with Gasteiger partial charge < -0.3 is 10.1 Å². The van der Waals surface area contributed by atoms with E-state index in [0.717, 1.165) is 27.6 Å². The van der Waals surface area contributed by atoms with Gasteiger partial charge in [0.1, 0.15) is 5.75 Å². The fraction of sp³-hybridized carbons (Fsp3) is 0.227. The van der Waals surface area contributed by atoms with Crippen LogP contribution < -0.4 is 10.1 Å². The van der Waals surface area contributed by atoms with Crippen LogP contribution >= 0.6 is 0 Å². The lowest BCUT2D eigenvalue weighted by molar-refractivity contribution is -0.120. The quantitative estimate of drug-likeness (QED) is 0.722. The van der Waals surface area contributed by atoms with Crippen molar-refractivity contribution in [2.75, 3.05) is 0 Å². The first-order valence-electron chi connectivity index (χ1n) is 8.61. The predicted molar refractivity (Wildman–Crippen MR) is 102 cm³/mol. The molecule has 0 saturated heterocycles. The molecule has 1 amide bonds. The second-order valence-corrected chi connectivity index (χ2v) is 6.40. The Balaban J connectivity index is 1.59. The predicted octanol–water partition coefficient (Wildman–Crippen LogP) is 4.49. The minimum Gasteiger partial charge on any atom is -0.491 e. The Hall–Kier alpha value is -2.81. The van der Waals surface area contributed by atoms with Crippen LogP contribution in [0.4, 0.5) is 0 Å². The molecule has 0 fully saturated rings. The van der Waals surface area contributed by atoms with Crippen LogP contribution in [0.15, 0.2) is 66.7 Å². The molecule has 0 bridgehead atoms. The number of carbonyl (C=O) groups excluding carboxylic acids is 1. The van der Waals surface area contributed by atoms with E-state index in [1.54, 1.807) is 0 Å². The number of benzene rings is 3. The van der Waals surface area contributed by atoms with Gasteiger partial charge in [0, 0.05) is 6.54 Å². The van der Waals surface area contributed by atoms with E-state index in [2.05, 4.69) is 23.5 Å². The van der Waals surface area contributed by atoms with Gasteiger partial charge in [-0.05, 0) is 47.9 Å². The molecule has 3 aromatic rings. The molecule has 3 rings (SSSR count). The highest BCUT2D eigenvalue weighted by Gasteiger charge is 2.07. The zero-order valence-electron chi connectivity index (χ0n) is 14.7. The van der Waals surface area contributed by atoms with Crippen LogP contribution in [0, 0.1) is 0 Å². The van der Waals surface area contributed by atoms with Gasteiger partial charge in [0.15, 0.2) is 0 Å². The Bertz CT molecular complexity index is 848. The standard InChI is InChI=1S/C22H23NO2/c1-16(2)25-20-12-10-17(11-13-20)15-23-22(24)14-19-8-5-7-18-6-3-4-9-21(18)19/h3-13,16H,14-15H2,1-2H3,(H,23,24). The number of rotatable bonds is 6. The number of nitrogens with one attached hydrogen (secondary N) is 1. The van der Waals surface area contributed by atoms with Gasteiger partial charge in [0.2, 0.25) is 5.91 Å². The van der Waals surface area contributed by atoms with Crippen molar-refractivity contribution in [1.82, 2.24) is 5.32 Å². The molecule has 0 aliphatic carbocycles. The number of ether oxygens (including phenoxy) is 1. The fourth-order valence-electron chi connectivity index (χ4n) is 2.84. The zero-order valence-corrected chi connectivity index (χ0v) is 14.7. The third-order valence-electron chi connectivity index (χ3n) is 4.02. The Labute approximate surface area is 148 Å². The van der Waals surface area contributed by atoms with Crippen molar-refractivity contribution in [3.05, 3.63) is 77.9 Å². The third kappa shape index (κ3) is 4.60. The van der Waals surface area contributed by atoms with E-state index in [1.807, 2.05) is 62.4 Å². The highest BCUT2D eigenvalue weighted by atomic mass is 16.5. The third-order valence-corrected chi connectivity index (χ3v) is 4.02. The first kappa shape index (κ1) is 17.0. The van der Waals surface area contributed by atoms with Crippen molar-refractivity contribution in [3.63, 3.8) is 0 Å². The second-order valence-electron chi connectivity index (χ2n) is 6.40. The van der Waals surface area contributed by atoms with Gasteiger partial charge in [-0.25, -0.2) is 0 Å². The van der Waals surface area contributed by atoms with Gasteiger partial charge in [0.05, 0.1) is 12.5 Å². The second kappa shape index (κ2) is 7.84. The number of carbonyl (C=O) groups is 1. The van der Waals surface area contributed by atoms with E-state index in [1.165, 1.54) is 0 Å². The van der Waals surface area contributed by atoms with E-state index in [9.17, 15) is 4.79 Å². The maximum Gasteiger partial charge on any atom is 0.224 e. The van der Waals surface area contributed by atoms with E-state index in [0.29, 0.717) is 13.0 Å². The highest BCUT2D eigenvalue weighted by Crippen LogP contribution is 2.19. The first-order chi connectivity index (χ1) is 12.1. The average Bonchev–Trinajstić information content (AvgIpc) is 2.61. The molecule has 0 aliphatic rings. The molecule has 0 spiro atoms. The van der Waals surface area contributed by atoms with Crippen LogP contribution in [0.5, 0.6) is 5.75 Å². The van der Waals surface area contributed by atoms with Crippen LogP contribution in [0.1, 0.15) is 25.0 Å². The van der Waals surface area contributed by atoms with Crippen molar-refractivity contribution >= 4 is 16.7 Å². The molecule has 0 saturated carbocycles. The van der Waals surface area contributed by atoms with Crippen LogP contribution in [0.25, 0.3) is 10.8 Å².